The average Bonchev–Trinajstić information content (AvgIpc) is 3.33. The number of nitrogens with zero attached hydrogens (tertiary/aromatic N) is 2. The zero-order chi connectivity index (χ0) is 17.4. The summed E-state index contributed by atoms with van der Waals surface area (Å²) in [6.07, 6.45) is 7.21. The van der Waals surface area contributed by atoms with E-state index in [-0.39, 0.29) is 5.78 Å². The van der Waals surface area contributed by atoms with Gasteiger partial charge in [-0.1, -0.05) is 25.1 Å². The Balaban J connectivity index is 1.59. The number of H-pyrrole nitrogens is 1. The van der Waals surface area contributed by atoms with Gasteiger partial charge in [-0.05, 0) is 43.5 Å². The molecule has 130 valence electrons. The van der Waals surface area contributed by atoms with E-state index in [1.165, 1.54) is 11.3 Å². The SMILES string of the molecule is CCc1cccc2c(C(=O)CN3CCC[C@H]3c3cccn3C)c[nH]c12. The van der Waals surface area contributed by atoms with Crippen LogP contribution in [0.15, 0.2) is 42.7 Å². The first-order valence-corrected chi connectivity index (χ1v) is 9.16. The first kappa shape index (κ1) is 16.2. The maximum Gasteiger partial charge on any atom is 0.178 e. The molecule has 2 aromatic heterocycles. The molecule has 0 bridgehead atoms. The summed E-state index contributed by atoms with van der Waals surface area (Å²) in [7, 11) is 2.08. The molecule has 4 heteroatoms. The normalized spacial score (nSPS) is 18.2. The standard InChI is InChI=1S/C21H25N3O/c1-3-15-7-4-8-16-17(13-22-21(15)16)20(25)14-24-12-6-10-19(24)18-9-5-11-23(18)2/h4-5,7-9,11,13,19,22H,3,6,10,12,14H2,1-2H3/t19-/m0/s1. The number of hydrogen-bond acceptors (Lipinski definition) is 2. The number of fused-ring (bicyclic) bond motifs is 1. The third-order valence-corrected chi connectivity index (χ3v) is 5.52. The van der Waals surface area contributed by atoms with E-state index in [4.69, 9.17) is 0 Å². The number of carbonyl (C=O) groups is 1. The minimum Gasteiger partial charge on any atom is -0.360 e. The fourth-order valence-corrected chi connectivity index (χ4v) is 4.18. The minimum absolute atomic E-state index is 0.209. The van der Waals surface area contributed by atoms with Crippen molar-refractivity contribution in [2.45, 2.75) is 32.2 Å². The number of aryl methyl sites for hydroxylation is 2. The monoisotopic (exact) mass is 335 g/mol. The molecule has 1 saturated heterocycles. The van der Waals surface area contributed by atoms with Gasteiger partial charge in [-0.15, -0.1) is 0 Å². The van der Waals surface area contributed by atoms with Crippen LogP contribution in [0.25, 0.3) is 10.9 Å². The van der Waals surface area contributed by atoms with Crippen molar-refractivity contribution in [3.8, 4) is 0 Å². The van der Waals surface area contributed by atoms with E-state index in [0.717, 1.165) is 42.3 Å². The smallest absolute Gasteiger partial charge is 0.178 e. The number of ketones is 1. The maximum absolute atomic E-state index is 13.0. The number of Topliss-reactive ketones (excluding diaryl/α,β-unsaturated/α-hetero) is 1. The van der Waals surface area contributed by atoms with Crippen molar-refractivity contribution >= 4 is 16.7 Å². The molecule has 1 atom stereocenters. The first-order chi connectivity index (χ1) is 12.2. The van der Waals surface area contributed by atoms with Crippen LogP contribution >= 0.6 is 0 Å². The van der Waals surface area contributed by atoms with Crippen LogP contribution in [0.4, 0.5) is 0 Å². The van der Waals surface area contributed by atoms with Crippen LogP contribution in [0.5, 0.6) is 0 Å². The largest absolute Gasteiger partial charge is 0.360 e. The summed E-state index contributed by atoms with van der Waals surface area (Å²) in [5.74, 6) is 0.209. The molecule has 25 heavy (non-hydrogen) atoms. The van der Waals surface area contributed by atoms with Gasteiger partial charge in [0.15, 0.2) is 5.78 Å². The fourth-order valence-electron chi connectivity index (χ4n) is 4.18. The van der Waals surface area contributed by atoms with Crippen LogP contribution in [0.2, 0.25) is 0 Å². The predicted molar refractivity (Wildman–Crippen MR) is 101 cm³/mol. The van der Waals surface area contributed by atoms with Gasteiger partial charge in [-0.25, -0.2) is 0 Å². The Kier molecular flexibility index (Phi) is 4.22. The second-order valence-electron chi connectivity index (χ2n) is 6.99. The highest BCUT2D eigenvalue weighted by molar-refractivity contribution is 6.09. The lowest BCUT2D eigenvalue weighted by molar-refractivity contribution is 0.0921. The second-order valence-corrected chi connectivity index (χ2v) is 6.99. The molecule has 0 saturated carbocycles. The molecular weight excluding hydrogens is 310 g/mol. The van der Waals surface area contributed by atoms with Gasteiger partial charge in [0, 0.05) is 41.6 Å². The average molecular weight is 335 g/mol. The number of nitrogens with one attached hydrogen (secondary N) is 1. The number of para-hydroxylation sites is 1. The lowest BCUT2D eigenvalue weighted by Gasteiger charge is -2.24. The summed E-state index contributed by atoms with van der Waals surface area (Å²) in [4.78, 5) is 18.7. The Morgan fingerprint density at radius 2 is 2.16 bits per heavy atom. The van der Waals surface area contributed by atoms with E-state index < -0.39 is 0 Å². The molecule has 0 spiro atoms. The molecule has 4 rings (SSSR count). The quantitative estimate of drug-likeness (QED) is 0.714. The Bertz CT molecular complexity index is 905. The van der Waals surface area contributed by atoms with E-state index in [1.54, 1.807) is 0 Å². The van der Waals surface area contributed by atoms with Crippen LogP contribution in [0.3, 0.4) is 0 Å². The molecule has 3 heterocycles. The number of aromatic nitrogens is 2. The number of hydrogen-bond donors (Lipinski definition) is 1. The summed E-state index contributed by atoms with van der Waals surface area (Å²) in [5, 5.41) is 1.05. The highest BCUT2D eigenvalue weighted by atomic mass is 16.1. The highest BCUT2D eigenvalue weighted by Crippen LogP contribution is 2.32. The fraction of sp³-hybridized carbons (Fsp3) is 0.381. The van der Waals surface area contributed by atoms with E-state index >= 15 is 0 Å². The molecule has 4 nitrogen and oxygen atoms in total. The van der Waals surface area contributed by atoms with Gasteiger partial charge in [0.2, 0.25) is 0 Å². The zero-order valence-corrected chi connectivity index (χ0v) is 15.0. The Morgan fingerprint density at radius 1 is 1.28 bits per heavy atom. The molecule has 0 aliphatic carbocycles. The molecule has 1 aliphatic heterocycles. The number of aromatic amines is 1. The molecule has 1 N–H and O–H groups in total. The van der Waals surface area contributed by atoms with Crippen molar-refractivity contribution < 1.29 is 4.79 Å². The van der Waals surface area contributed by atoms with Crippen LogP contribution < -0.4 is 0 Å². The summed E-state index contributed by atoms with van der Waals surface area (Å²) in [6, 6.07) is 10.8. The molecule has 1 aromatic carbocycles. The number of carbonyl (C=O) groups excluding carboxylic acids is 1. The summed E-state index contributed by atoms with van der Waals surface area (Å²) >= 11 is 0. The molecular formula is C21H25N3O. The van der Waals surface area contributed by atoms with E-state index in [2.05, 4.69) is 65.0 Å². The number of benzene rings is 1. The summed E-state index contributed by atoms with van der Waals surface area (Å²) in [6.45, 7) is 3.62. The minimum atomic E-state index is 0.209. The lowest BCUT2D eigenvalue weighted by atomic mass is 10.0. The van der Waals surface area contributed by atoms with E-state index in [9.17, 15) is 4.79 Å². The van der Waals surface area contributed by atoms with Gasteiger partial charge in [0.05, 0.1) is 12.6 Å². The van der Waals surface area contributed by atoms with Crippen molar-refractivity contribution in [2.75, 3.05) is 13.1 Å². The predicted octanol–water partition coefficient (Wildman–Crippen LogP) is 4.09. The van der Waals surface area contributed by atoms with E-state index in [1.807, 2.05) is 6.20 Å². The molecule has 1 aliphatic rings. The maximum atomic E-state index is 13.0. The molecule has 0 amide bonds. The lowest BCUT2D eigenvalue weighted by Crippen LogP contribution is -2.30. The van der Waals surface area contributed by atoms with Gasteiger partial charge in [-0.2, -0.15) is 0 Å². The van der Waals surface area contributed by atoms with Gasteiger partial charge in [-0.3, -0.25) is 9.69 Å². The van der Waals surface area contributed by atoms with Gasteiger partial charge < -0.3 is 9.55 Å². The molecule has 0 unspecified atom stereocenters. The third kappa shape index (κ3) is 2.81. The van der Waals surface area contributed by atoms with Crippen molar-refractivity contribution in [2.24, 2.45) is 7.05 Å². The van der Waals surface area contributed by atoms with Gasteiger partial charge in [0.1, 0.15) is 0 Å². The van der Waals surface area contributed by atoms with Crippen LogP contribution in [-0.4, -0.2) is 33.3 Å². The Labute approximate surface area is 148 Å². The van der Waals surface area contributed by atoms with Crippen LogP contribution in [0.1, 0.15) is 47.4 Å². The third-order valence-electron chi connectivity index (χ3n) is 5.52. The Hall–Kier alpha value is -2.33. The number of likely N-dealkylation sites (tertiary alicyclic amines) is 1. The molecule has 0 radical (unpaired) electrons. The van der Waals surface area contributed by atoms with Crippen molar-refractivity contribution in [3.05, 3.63) is 59.5 Å². The number of rotatable bonds is 5. The second kappa shape index (κ2) is 6.52. The summed E-state index contributed by atoms with van der Waals surface area (Å²) in [5.41, 5.74) is 4.49. The Morgan fingerprint density at radius 3 is 2.92 bits per heavy atom. The molecule has 3 aromatic rings. The molecule has 1 fully saturated rings. The van der Waals surface area contributed by atoms with Crippen molar-refractivity contribution in [1.82, 2.24) is 14.5 Å². The topological polar surface area (TPSA) is 41.0 Å². The van der Waals surface area contributed by atoms with Crippen molar-refractivity contribution in [1.29, 1.82) is 0 Å². The zero-order valence-electron chi connectivity index (χ0n) is 15.0. The summed E-state index contributed by atoms with van der Waals surface area (Å²) < 4.78 is 2.17. The van der Waals surface area contributed by atoms with Crippen LogP contribution in [-0.2, 0) is 13.5 Å². The van der Waals surface area contributed by atoms with Crippen LogP contribution in [0, 0.1) is 0 Å². The first-order valence-electron chi connectivity index (χ1n) is 9.16. The van der Waals surface area contributed by atoms with Gasteiger partial charge in [0.25, 0.3) is 0 Å². The van der Waals surface area contributed by atoms with Crippen molar-refractivity contribution in [3.63, 3.8) is 0 Å². The highest BCUT2D eigenvalue weighted by Gasteiger charge is 2.29. The van der Waals surface area contributed by atoms with E-state index in [0.29, 0.717) is 12.6 Å². The van der Waals surface area contributed by atoms with Gasteiger partial charge >= 0.3 is 0 Å².